The fraction of sp³-hybridized carbons (Fsp3) is 0.429. The summed E-state index contributed by atoms with van der Waals surface area (Å²) in [5, 5.41) is 2.58. The highest BCUT2D eigenvalue weighted by molar-refractivity contribution is 6.03. The summed E-state index contributed by atoms with van der Waals surface area (Å²) in [6.07, 6.45) is 3.03. The number of carbonyl (C=O) groups is 4. The highest BCUT2D eigenvalue weighted by Gasteiger charge is 2.09. The monoisotopic (exact) mass is 389 g/mol. The molecule has 1 aromatic carbocycles. The molecule has 1 rings (SSSR count). The molecule has 0 radical (unpaired) electrons. The lowest BCUT2D eigenvalue weighted by molar-refractivity contribution is -0.139. The Bertz CT molecular complexity index is 708. The molecule has 0 aliphatic heterocycles. The zero-order valence-electron chi connectivity index (χ0n) is 16.4. The van der Waals surface area contributed by atoms with Crippen LogP contribution in [0.2, 0.25) is 0 Å². The number of carbonyl (C=O) groups excluding carboxylic acids is 4. The van der Waals surface area contributed by atoms with Crippen molar-refractivity contribution >= 4 is 29.3 Å². The van der Waals surface area contributed by atoms with Crippen LogP contribution in [-0.2, 0) is 23.9 Å². The molecular formula is C21H27NO6. The maximum atomic E-state index is 12.0. The summed E-state index contributed by atoms with van der Waals surface area (Å²) in [5.41, 5.74) is 1.28. The lowest BCUT2D eigenvalue weighted by Crippen LogP contribution is -2.14. The third-order valence-corrected chi connectivity index (χ3v) is 3.67. The first-order chi connectivity index (χ1) is 13.3. The van der Waals surface area contributed by atoms with Crippen LogP contribution < -0.4 is 5.32 Å². The van der Waals surface area contributed by atoms with Gasteiger partial charge in [0.25, 0.3) is 0 Å². The predicted molar refractivity (Wildman–Crippen MR) is 105 cm³/mol. The van der Waals surface area contributed by atoms with Crippen LogP contribution in [0.15, 0.2) is 36.4 Å². The van der Waals surface area contributed by atoms with Gasteiger partial charge in [-0.25, -0.2) is 9.59 Å². The molecule has 7 heteroatoms. The molecule has 0 bridgehead atoms. The zero-order chi connectivity index (χ0) is 20.9. The van der Waals surface area contributed by atoms with Gasteiger partial charge in [0.2, 0.25) is 5.91 Å². The second kappa shape index (κ2) is 12.4. The van der Waals surface area contributed by atoms with E-state index in [0.717, 1.165) is 25.7 Å². The SMILES string of the molecule is C=C(C)C(=O)OCCCCCCOC(=O)c1ccc(NC(=O)CC(C)=O)cc1. The molecule has 0 atom stereocenters. The molecule has 0 spiro atoms. The van der Waals surface area contributed by atoms with Gasteiger partial charge in [0.1, 0.15) is 5.78 Å². The van der Waals surface area contributed by atoms with Crippen LogP contribution >= 0.6 is 0 Å². The second-order valence-corrected chi connectivity index (χ2v) is 6.47. The van der Waals surface area contributed by atoms with Crippen molar-refractivity contribution in [3.63, 3.8) is 0 Å². The van der Waals surface area contributed by atoms with Gasteiger partial charge in [-0.2, -0.15) is 0 Å². The predicted octanol–water partition coefficient (Wildman–Crippen LogP) is 3.44. The minimum Gasteiger partial charge on any atom is -0.462 e. The minimum atomic E-state index is -0.433. The first kappa shape index (κ1) is 23.1. The Morgan fingerprint density at radius 1 is 0.893 bits per heavy atom. The average molecular weight is 389 g/mol. The largest absolute Gasteiger partial charge is 0.462 e. The molecule has 0 fully saturated rings. The Morgan fingerprint density at radius 3 is 2.00 bits per heavy atom. The first-order valence-electron chi connectivity index (χ1n) is 9.18. The van der Waals surface area contributed by atoms with E-state index in [9.17, 15) is 19.2 Å². The molecule has 1 amide bonds. The standard InChI is InChI=1S/C21H27NO6/c1-15(2)20(25)27-12-6-4-5-7-13-28-21(26)17-8-10-18(11-9-17)22-19(24)14-16(3)23/h8-11H,1,4-7,12-14H2,2-3H3,(H,22,24). The van der Waals surface area contributed by atoms with Crippen molar-refractivity contribution < 1.29 is 28.7 Å². The highest BCUT2D eigenvalue weighted by Crippen LogP contribution is 2.11. The molecule has 7 nitrogen and oxygen atoms in total. The van der Waals surface area contributed by atoms with Crippen LogP contribution in [0.4, 0.5) is 5.69 Å². The van der Waals surface area contributed by atoms with Crippen molar-refractivity contribution in [1.82, 2.24) is 0 Å². The van der Waals surface area contributed by atoms with Crippen LogP contribution in [0.25, 0.3) is 0 Å². The van der Waals surface area contributed by atoms with Crippen LogP contribution in [0.3, 0.4) is 0 Å². The van der Waals surface area contributed by atoms with Crippen LogP contribution in [0.5, 0.6) is 0 Å². The Morgan fingerprint density at radius 2 is 1.46 bits per heavy atom. The molecule has 1 aromatic rings. The van der Waals surface area contributed by atoms with Gasteiger partial charge in [-0.3, -0.25) is 9.59 Å². The lowest BCUT2D eigenvalue weighted by atomic mass is 10.2. The van der Waals surface area contributed by atoms with Crippen molar-refractivity contribution in [3.05, 3.63) is 42.0 Å². The molecular weight excluding hydrogens is 362 g/mol. The fourth-order valence-electron chi connectivity index (χ4n) is 2.21. The molecule has 0 aromatic heterocycles. The lowest BCUT2D eigenvalue weighted by Gasteiger charge is -2.07. The number of benzene rings is 1. The Kier molecular flexibility index (Phi) is 10.2. The van der Waals surface area contributed by atoms with Gasteiger partial charge in [0, 0.05) is 11.3 Å². The van der Waals surface area contributed by atoms with Crippen LogP contribution in [0.1, 0.15) is 56.3 Å². The van der Waals surface area contributed by atoms with Gasteiger partial charge >= 0.3 is 11.9 Å². The second-order valence-electron chi connectivity index (χ2n) is 6.47. The Balaban J connectivity index is 2.20. The summed E-state index contributed by atoms with van der Waals surface area (Å²) in [6, 6.07) is 6.28. The van der Waals surface area contributed by atoms with E-state index < -0.39 is 11.9 Å². The Labute approximate surface area is 165 Å². The van der Waals surface area contributed by atoms with E-state index in [0.29, 0.717) is 30.0 Å². The number of Topliss-reactive ketones (excluding diaryl/α,β-unsaturated/α-hetero) is 1. The van der Waals surface area contributed by atoms with Crippen molar-refractivity contribution in [3.8, 4) is 0 Å². The summed E-state index contributed by atoms with van der Waals surface area (Å²) in [4.78, 5) is 45.6. The van der Waals surface area contributed by atoms with Crippen LogP contribution in [0, 0.1) is 0 Å². The smallest absolute Gasteiger partial charge is 0.338 e. The van der Waals surface area contributed by atoms with Gasteiger partial charge in [-0.15, -0.1) is 0 Å². The number of rotatable bonds is 12. The number of hydrogen-bond donors (Lipinski definition) is 1. The summed E-state index contributed by atoms with van der Waals surface area (Å²) in [7, 11) is 0. The summed E-state index contributed by atoms with van der Waals surface area (Å²) >= 11 is 0. The number of anilines is 1. The molecule has 0 aliphatic carbocycles. The van der Waals surface area contributed by atoms with Gasteiger partial charge in [-0.05, 0) is 63.8 Å². The fourth-order valence-corrected chi connectivity index (χ4v) is 2.21. The van der Waals surface area contributed by atoms with E-state index in [4.69, 9.17) is 9.47 Å². The maximum absolute atomic E-state index is 12.0. The summed E-state index contributed by atoms with van der Waals surface area (Å²) in [6.45, 7) is 7.13. The molecule has 0 aliphatic rings. The number of nitrogens with one attached hydrogen (secondary N) is 1. The maximum Gasteiger partial charge on any atom is 0.338 e. The number of ether oxygens (including phenoxy) is 2. The summed E-state index contributed by atoms with van der Waals surface area (Å²) < 4.78 is 10.2. The van der Waals surface area contributed by atoms with Crippen molar-refractivity contribution in [2.45, 2.75) is 46.0 Å². The number of amides is 1. The van der Waals surface area contributed by atoms with Crippen molar-refractivity contribution in [2.75, 3.05) is 18.5 Å². The number of unbranched alkanes of at least 4 members (excludes halogenated alkanes) is 3. The van der Waals surface area contributed by atoms with Crippen molar-refractivity contribution in [2.24, 2.45) is 0 Å². The van der Waals surface area contributed by atoms with Crippen LogP contribution in [-0.4, -0.2) is 36.8 Å². The quantitative estimate of drug-likeness (QED) is 0.254. The third-order valence-electron chi connectivity index (χ3n) is 3.67. The van der Waals surface area contributed by atoms with E-state index in [1.807, 2.05) is 0 Å². The normalized spacial score (nSPS) is 10.1. The molecule has 0 unspecified atom stereocenters. The average Bonchev–Trinajstić information content (AvgIpc) is 2.63. The Hall–Kier alpha value is -2.96. The number of ketones is 1. The molecule has 1 N–H and O–H groups in total. The molecule has 28 heavy (non-hydrogen) atoms. The van der Waals surface area contributed by atoms with E-state index in [2.05, 4.69) is 11.9 Å². The summed E-state index contributed by atoms with van der Waals surface area (Å²) in [5.74, 6) is -1.42. The van der Waals surface area contributed by atoms with Gasteiger partial charge < -0.3 is 14.8 Å². The van der Waals surface area contributed by atoms with E-state index >= 15 is 0 Å². The first-order valence-corrected chi connectivity index (χ1v) is 9.18. The van der Waals surface area contributed by atoms with E-state index in [1.165, 1.54) is 6.92 Å². The molecule has 0 saturated heterocycles. The number of hydrogen-bond acceptors (Lipinski definition) is 6. The van der Waals surface area contributed by atoms with Gasteiger partial charge in [0.05, 0.1) is 25.2 Å². The number of esters is 2. The third kappa shape index (κ3) is 9.66. The molecule has 0 heterocycles. The van der Waals surface area contributed by atoms with E-state index in [1.54, 1.807) is 31.2 Å². The minimum absolute atomic E-state index is 0.180. The van der Waals surface area contributed by atoms with Gasteiger partial charge in [-0.1, -0.05) is 6.58 Å². The highest BCUT2D eigenvalue weighted by atomic mass is 16.5. The topological polar surface area (TPSA) is 98.8 Å². The van der Waals surface area contributed by atoms with E-state index in [-0.39, 0.29) is 18.2 Å². The zero-order valence-corrected chi connectivity index (χ0v) is 16.4. The van der Waals surface area contributed by atoms with Crippen molar-refractivity contribution in [1.29, 1.82) is 0 Å². The van der Waals surface area contributed by atoms with Gasteiger partial charge in [0.15, 0.2) is 0 Å². The molecule has 152 valence electrons. The molecule has 0 saturated carbocycles.